The zero-order valence-electron chi connectivity index (χ0n) is 11.0. The van der Waals surface area contributed by atoms with Crippen molar-refractivity contribution in [3.8, 4) is 0 Å². The topological polar surface area (TPSA) is 66.5 Å². The molecule has 1 aliphatic rings. The fourth-order valence-corrected chi connectivity index (χ4v) is 3.40. The average molecular weight is 262 g/mol. The van der Waals surface area contributed by atoms with Gasteiger partial charge in [0.05, 0.1) is 10.5 Å². The molecule has 0 aromatic carbocycles. The average Bonchev–Trinajstić information content (AvgIpc) is 2.21. The quantitative estimate of drug-likeness (QED) is 0.770. The molecular weight excluding hydrogens is 240 g/mol. The van der Waals surface area contributed by atoms with Crippen LogP contribution in [-0.4, -0.2) is 56.4 Å². The summed E-state index contributed by atoms with van der Waals surface area (Å²) in [6, 6.07) is 0. The predicted molar refractivity (Wildman–Crippen MR) is 67.5 cm³/mol. The van der Waals surface area contributed by atoms with Crippen molar-refractivity contribution in [2.75, 3.05) is 32.4 Å². The van der Waals surface area contributed by atoms with Gasteiger partial charge in [-0.1, -0.05) is 6.92 Å². The van der Waals surface area contributed by atoms with Gasteiger partial charge in [-0.3, -0.25) is 4.79 Å². The van der Waals surface area contributed by atoms with Crippen LogP contribution in [0.4, 0.5) is 0 Å². The molecule has 0 aromatic heterocycles. The molecule has 1 saturated heterocycles. The van der Waals surface area contributed by atoms with E-state index >= 15 is 0 Å². The zero-order chi connectivity index (χ0) is 13.3. The van der Waals surface area contributed by atoms with Gasteiger partial charge in [0, 0.05) is 25.6 Å². The van der Waals surface area contributed by atoms with E-state index in [1.807, 2.05) is 6.92 Å². The van der Waals surface area contributed by atoms with Crippen LogP contribution in [0.15, 0.2) is 0 Å². The summed E-state index contributed by atoms with van der Waals surface area (Å²) < 4.78 is 22.8. The number of hydrogen-bond donors (Lipinski definition) is 1. The van der Waals surface area contributed by atoms with Gasteiger partial charge in [-0.25, -0.2) is 8.42 Å². The lowest BCUT2D eigenvalue weighted by Gasteiger charge is -2.38. The lowest BCUT2D eigenvalue weighted by molar-refractivity contribution is -0.135. The van der Waals surface area contributed by atoms with Gasteiger partial charge >= 0.3 is 0 Å². The number of rotatable bonds is 3. The number of hydrogen-bond acceptors (Lipinski definition) is 4. The fraction of sp³-hybridized carbons (Fsp3) is 0.909. The Balaban J connectivity index is 2.75. The van der Waals surface area contributed by atoms with Crippen molar-refractivity contribution in [1.82, 2.24) is 10.2 Å². The van der Waals surface area contributed by atoms with Crippen molar-refractivity contribution in [3.63, 3.8) is 0 Å². The van der Waals surface area contributed by atoms with Crippen LogP contribution in [0, 0.1) is 5.92 Å². The first-order valence-corrected chi connectivity index (χ1v) is 7.52. The third-order valence-electron chi connectivity index (χ3n) is 3.29. The van der Waals surface area contributed by atoms with Crippen LogP contribution < -0.4 is 5.32 Å². The van der Waals surface area contributed by atoms with Crippen LogP contribution in [0.2, 0.25) is 0 Å². The zero-order valence-corrected chi connectivity index (χ0v) is 11.8. The number of nitrogens with one attached hydrogen (secondary N) is 1. The smallest absolute Gasteiger partial charge is 0.226 e. The lowest BCUT2D eigenvalue weighted by Crippen LogP contribution is -2.56. The molecule has 0 aromatic rings. The van der Waals surface area contributed by atoms with Crippen LogP contribution >= 0.6 is 0 Å². The Morgan fingerprint density at radius 3 is 2.53 bits per heavy atom. The molecule has 17 heavy (non-hydrogen) atoms. The molecule has 1 unspecified atom stereocenters. The third-order valence-corrected chi connectivity index (χ3v) is 5.82. The maximum absolute atomic E-state index is 12.1. The van der Waals surface area contributed by atoms with Crippen LogP contribution in [0.5, 0.6) is 0 Å². The molecule has 100 valence electrons. The molecule has 6 heteroatoms. The van der Waals surface area contributed by atoms with Crippen molar-refractivity contribution >= 4 is 15.7 Å². The highest BCUT2D eigenvalue weighted by molar-refractivity contribution is 7.92. The van der Waals surface area contributed by atoms with E-state index < -0.39 is 14.6 Å². The van der Waals surface area contributed by atoms with Crippen molar-refractivity contribution in [2.45, 2.75) is 25.5 Å². The van der Waals surface area contributed by atoms with E-state index in [0.29, 0.717) is 19.6 Å². The molecule has 5 nitrogen and oxygen atoms in total. The van der Waals surface area contributed by atoms with Gasteiger partial charge in [0.1, 0.15) is 0 Å². The standard InChI is InChI=1S/C11H22N2O3S/c1-9(7-12-4)10(14)13-5-6-17(15,16)11(2,3)8-13/h9,12H,5-8H2,1-4H3. The van der Waals surface area contributed by atoms with E-state index in [1.54, 1.807) is 25.8 Å². The van der Waals surface area contributed by atoms with Gasteiger partial charge in [0.25, 0.3) is 0 Å². The maximum Gasteiger partial charge on any atom is 0.226 e. The first kappa shape index (κ1) is 14.4. The number of amides is 1. The van der Waals surface area contributed by atoms with Gasteiger partial charge in [0.15, 0.2) is 9.84 Å². The Labute approximate surface area is 103 Å². The predicted octanol–water partition coefficient (Wildman–Crippen LogP) is -0.122. The van der Waals surface area contributed by atoms with Gasteiger partial charge < -0.3 is 10.2 Å². The van der Waals surface area contributed by atoms with Crippen LogP contribution in [0.25, 0.3) is 0 Å². The van der Waals surface area contributed by atoms with Crippen LogP contribution in [0.3, 0.4) is 0 Å². The second-order valence-electron chi connectivity index (χ2n) is 5.30. The number of carbonyl (C=O) groups excluding carboxylic acids is 1. The summed E-state index contributed by atoms with van der Waals surface area (Å²) >= 11 is 0. The van der Waals surface area contributed by atoms with Crippen LogP contribution in [0.1, 0.15) is 20.8 Å². The number of sulfone groups is 1. The monoisotopic (exact) mass is 262 g/mol. The first-order valence-electron chi connectivity index (χ1n) is 5.87. The molecule has 1 fully saturated rings. The minimum absolute atomic E-state index is 0.0299. The van der Waals surface area contributed by atoms with E-state index in [9.17, 15) is 13.2 Å². The normalized spacial score (nSPS) is 24.4. The second-order valence-corrected chi connectivity index (χ2v) is 8.04. The highest BCUT2D eigenvalue weighted by Crippen LogP contribution is 2.24. The van der Waals surface area contributed by atoms with Gasteiger partial charge in [0.2, 0.25) is 5.91 Å². The van der Waals surface area contributed by atoms with Crippen LogP contribution in [-0.2, 0) is 14.6 Å². The van der Waals surface area contributed by atoms with E-state index in [4.69, 9.17) is 0 Å². The summed E-state index contributed by atoms with van der Waals surface area (Å²) in [4.78, 5) is 13.7. The Morgan fingerprint density at radius 1 is 1.47 bits per heavy atom. The van der Waals surface area contributed by atoms with Crippen molar-refractivity contribution in [3.05, 3.63) is 0 Å². The first-order chi connectivity index (χ1) is 7.71. The molecule has 1 amide bonds. The molecule has 0 saturated carbocycles. The highest BCUT2D eigenvalue weighted by Gasteiger charge is 2.41. The van der Waals surface area contributed by atoms with Gasteiger partial charge in [-0.15, -0.1) is 0 Å². The summed E-state index contributed by atoms with van der Waals surface area (Å²) in [6.07, 6.45) is 0. The summed E-state index contributed by atoms with van der Waals surface area (Å²) in [5.74, 6) is -0.0169. The Bertz CT molecular complexity index is 390. The molecule has 0 bridgehead atoms. The van der Waals surface area contributed by atoms with E-state index in [1.165, 1.54) is 0 Å². The van der Waals surface area contributed by atoms with E-state index in [-0.39, 0.29) is 17.6 Å². The Hall–Kier alpha value is -0.620. The summed E-state index contributed by atoms with van der Waals surface area (Å²) in [5.41, 5.74) is 0. The highest BCUT2D eigenvalue weighted by atomic mass is 32.2. The molecule has 1 rings (SSSR count). The van der Waals surface area contributed by atoms with Crippen molar-refractivity contribution < 1.29 is 13.2 Å². The van der Waals surface area contributed by atoms with Crippen molar-refractivity contribution in [1.29, 1.82) is 0 Å². The lowest BCUT2D eigenvalue weighted by atomic mass is 10.1. The molecule has 0 aliphatic carbocycles. The van der Waals surface area contributed by atoms with Crippen molar-refractivity contribution in [2.24, 2.45) is 5.92 Å². The fourth-order valence-electron chi connectivity index (χ4n) is 2.04. The molecule has 1 aliphatic heterocycles. The molecule has 1 N–H and O–H groups in total. The Kier molecular flexibility index (Phi) is 4.19. The largest absolute Gasteiger partial charge is 0.340 e. The molecule has 0 spiro atoms. The maximum atomic E-state index is 12.1. The summed E-state index contributed by atoms with van der Waals surface area (Å²) in [5, 5.41) is 2.96. The SMILES string of the molecule is CNCC(C)C(=O)N1CCS(=O)(=O)C(C)(C)C1. The minimum atomic E-state index is -3.07. The number of nitrogens with zero attached hydrogens (tertiary/aromatic N) is 1. The minimum Gasteiger partial charge on any atom is -0.340 e. The molecule has 1 heterocycles. The molecular formula is C11H22N2O3S. The molecule has 0 radical (unpaired) electrons. The molecule has 1 atom stereocenters. The van der Waals surface area contributed by atoms with Gasteiger partial charge in [-0.05, 0) is 20.9 Å². The second kappa shape index (κ2) is 4.94. The summed E-state index contributed by atoms with van der Waals surface area (Å²) in [6.45, 7) is 6.45. The van der Waals surface area contributed by atoms with E-state index in [0.717, 1.165) is 0 Å². The summed E-state index contributed by atoms with van der Waals surface area (Å²) in [7, 11) is -1.27. The number of carbonyl (C=O) groups is 1. The Morgan fingerprint density at radius 2 is 2.06 bits per heavy atom. The van der Waals surface area contributed by atoms with Gasteiger partial charge in [-0.2, -0.15) is 0 Å². The third kappa shape index (κ3) is 2.98. The van der Waals surface area contributed by atoms with E-state index in [2.05, 4.69) is 5.32 Å².